The van der Waals surface area contributed by atoms with Crippen molar-refractivity contribution in [3.63, 3.8) is 0 Å². The number of aryl methyl sites for hydroxylation is 1. The summed E-state index contributed by atoms with van der Waals surface area (Å²) in [6.45, 7) is 4.92. The van der Waals surface area contributed by atoms with E-state index in [0.717, 1.165) is 53.8 Å². The van der Waals surface area contributed by atoms with Crippen molar-refractivity contribution >= 4 is 16.9 Å². The van der Waals surface area contributed by atoms with Crippen LogP contribution in [-0.4, -0.2) is 30.2 Å². The topological polar surface area (TPSA) is 77.6 Å². The molecule has 0 radical (unpaired) electrons. The lowest BCUT2D eigenvalue weighted by Crippen LogP contribution is -2.27. The van der Waals surface area contributed by atoms with Gasteiger partial charge in [-0.1, -0.05) is 19.1 Å². The van der Waals surface area contributed by atoms with Gasteiger partial charge in [0.15, 0.2) is 5.65 Å². The molecule has 7 nitrogen and oxygen atoms in total. The number of pyridine rings is 1. The van der Waals surface area contributed by atoms with Gasteiger partial charge in [-0.3, -0.25) is 4.79 Å². The van der Waals surface area contributed by atoms with E-state index in [1.807, 2.05) is 52.7 Å². The Bertz CT molecular complexity index is 1210. The van der Waals surface area contributed by atoms with Crippen LogP contribution in [0.2, 0.25) is 0 Å². The Morgan fingerprint density at radius 2 is 2.06 bits per heavy atom. The second-order valence-corrected chi connectivity index (χ2v) is 8.23. The number of benzene rings is 1. The van der Waals surface area contributed by atoms with Crippen LogP contribution in [0.4, 0.5) is 0 Å². The number of nitrogens with one attached hydrogen (secondary N) is 1. The first-order chi connectivity index (χ1) is 15.1. The van der Waals surface area contributed by atoms with E-state index in [1.54, 1.807) is 18.7 Å². The fraction of sp³-hybridized carbons (Fsp3) is 0.333. The zero-order chi connectivity index (χ0) is 21.4. The minimum Gasteiger partial charge on any atom is -0.345 e. The zero-order valence-electron chi connectivity index (χ0n) is 17.8. The predicted octanol–water partition coefficient (Wildman–Crippen LogP) is 4.40. The summed E-state index contributed by atoms with van der Waals surface area (Å²) in [7, 11) is 0. The van der Waals surface area contributed by atoms with Gasteiger partial charge in [0.1, 0.15) is 0 Å². The molecular weight excluding hydrogens is 388 g/mol. The number of nitrogens with zero attached hydrogens (tertiary/aromatic N) is 5. The van der Waals surface area contributed by atoms with Gasteiger partial charge in [0.05, 0.1) is 29.5 Å². The van der Waals surface area contributed by atoms with Crippen molar-refractivity contribution in [2.45, 2.75) is 51.6 Å². The lowest BCUT2D eigenvalue weighted by Gasteiger charge is -2.16. The second-order valence-electron chi connectivity index (χ2n) is 8.23. The molecule has 158 valence electrons. The van der Waals surface area contributed by atoms with E-state index in [9.17, 15) is 4.79 Å². The number of carbonyl (C=O) groups is 1. The number of hydrogen-bond donors (Lipinski definition) is 1. The maximum atomic E-state index is 13.3. The second kappa shape index (κ2) is 7.98. The maximum absolute atomic E-state index is 13.3. The number of fused-ring (bicyclic) bond motifs is 1. The fourth-order valence-corrected chi connectivity index (χ4v) is 3.92. The van der Waals surface area contributed by atoms with Crippen molar-refractivity contribution in [3.8, 4) is 5.69 Å². The van der Waals surface area contributed by atoms with Crippen LogP contribution in [0.1, 0.15) is 66.7 Å². The minimum atomic E-state index is -0.123. The quantitative estimate of drug-likeness (QED) is 0.486. The summed E-state index contributed by atoms with van der Waals surface area (Å²) in [6, 6.07) is 9.98. The maximum Gasteiger partial charge on any atom is 0.252 e. The number of carbonyl (C=O) groups excluding carboxylic acids is 1. The van der Waals surface area contributed by atoms with Gasteiger partial charge in [-0.05, 0) is 49.9 Å². The molecule has 1 amide bonds. The number of imidazole rings is 1. The minimum absolute atomic E-state index is 0.0865. The Hall–Kier alpha value is -3.48. The molecule has 1 aromatic carbocycles. The smallest absolute Gasteiger partial charge is 0.252 e. The summed E-state index contributed by atoms with van der Waals surface area (Å²) in [4.78, 5) is 22.2. The van der Waals surface area contributed by atoms with Crippen LogP contribution in [0.15, 0.2) is 55.2 Å². The molecular formula is C24H26N6O. The van der Waals surface area contributed by atoms with Crippen molar-refractivity contribution in [1.82, 2.24) is 29.6 Å². The summed E-state index contributed by atoms with van der Waals surface area (Å²) in [5, 5.41) is 8.47. The number of hydrogen-bond acceptors (Lipinski definition) is 4. The Balaban J connectivity index is 1.40. The van der Waals surface area contributed by atoms with E-state index in [4.69, 9.17) is 4.98 Å². The van der Waals surface area contributed by atoms with Gasteiger partial charge in [-0.25, -0.2) is 14.6 Å². The summed E-state index contributed by atoms with van der Waals surface area (Å²) in [6.07, 6.45) is 10.5. The molecule has 5 rings (SSSR count). The Morgan fingerprint density at radius 3 is 2.74 bits per heavy atom. The number of rotatable bonds is 7. The van der Waals surface area contributed by atoms with Crippen LogP contribution in [0, 0.1) is 0 Å². The number of aromatic nitrogens is 5. The van der Waals surface area contributed by atoms with E-state index in [-0.39, 0.29) is 11.9 Å². The van der Waals surface area contributed by atoms with Gasteiger partial charge in [0.25, 0.3) is 5.91 Å². The molecule has 1 N–H and O–H groups in total. The molecule has 7 heteroatoms. The third kappa shape index (κ3) is 3.83. The SMILES string of the molecule is CCCn1ncc2c(C(=O)N[C@H](C)c3ccc(-n4ccnc4)cc3)cc(C3CC3)nc21. The molecule has 4 aromatic rings. The standard InChI is InChI=1S/C24H26N6O/c1-3-11-30-23-21(14-26-30)20(13-22(28-23)18-4-5-18)24(31)27-16(2)17-6-8-19(9-7-17)29-12-10-25-15-29/h6-10,12-16,18H,3-5,11H2,1-2H3,(H,27,31)/t16-/m1/s1. The molecule has 1 aliphatic carbocycles. The first-order valence-corrected chi connectivity index (χ1v) is 10.9. The van der Waals surface area contributed by atoms with Gasteiger partial charge < -0.3 is 9.88 Å². The Labute approximate surface area is 181 Å². The van der Waals surface area contributed by atoms with Gasteiger partial charge in [-0.15, -0.1) is 0 Å². The van der Waals surface area contributed by atoms with Crippen LogP contribution in [-0.2, 0) is 6.54 Å². The Morgan fingerprint density at radius 1 is 1.26 bits per heavy atom. The van der Waals surface area contributed by atoms with Crippen LogP contribution >= 0.6 is 0 Å². The summed E-state index contributed by atoms with van der Waals surface area (Å²) in [5.41, 5.74) is 4.57. The van der Waals surface area contributed by atoms with Crippen LogP contribution < -0.4 is 5.32 Å². The molecule has 31 heavy (non-hydrogen) atoms. The molecule has 1 saturated carbocycles. The molecule has 3 aromatic heterocycles. The van der Waals surface area contributed by atoms with E-state index >= 15 is 0 Å². The normalized spacial score (nSPS) is 14.6. The van der Waals surface area contributed by atoms with Crippen LogP contribution in [0.3, 0.4) is 0 Å². The zero-order valence-corrected chi connectivity index (χ0v) is 17.8. The molecule has 0 spiro atoms. The molecule has 0 unspecified atom stereocenters. The third-order valence-electron chi connectivity index (χ3n) is 5.85. The lowest BCUT2D eigenvalue weighted by atomic mass is 10.1. The number of amides is 1. The van der Waals surface area contributed by atoms with E-state index in [1.165, 1.54) is 0 Å². The molecule has 3 heterocycles. The van der Waals surface area contributed by atoms with E-state index < -0.39 is 0 Å². The van der Waals surface area contributed by atoms with Crippen molar-refractivity contribution in [1.29, 1.82) is 0 Å². The molecule has 0 aliphatic heterocycles. The first-order valence-electron chi connectivity index (χ1n) is 10.9. The summed E-state index contributed by atoms with van der Waals surface area (Å²) >= 11 is 0. The van der Waals surface area contributed by atoms with Crippen molar-refractivity contribution in [2.75, 3.05) is 0 Å². The molecule has 1 atom stereocenters. The third-order valence-corrected chi connectivity index (χ3v) is 5.85. The highest BCUT2D eigenvalue weighted by molar-refractivity contribution is 6.05. The van der Waals surface area contributed by atoms with E-state index in [2.05, 4.69) is 22.3 Å². The fourth-order valence-electron chi connectivity index (χ4n) is 3.92. The average Bonchev–Trinajstić information content (AvgIpc) is 3.34. The van der Waals surface area contributed by atoms with Crippen LogP contribution in [0.5, 0.6) is 0 Å². The van der Waals surface area contributed by atoms with Gasteiger partial charge in [0, 0.05) is 36.2 Å². The van der Waals surface area contributed by atoms with Gasteiger partial charge in [-0.2, -0.15) is 5.10 Å². The highest BCUT2D eigenvalue weighted by Crippen LogP contribution is 2.40. The molecule has 1 aliphatic rings. The van der Waals surface area contributed by atoms with Gasteiger partial charge in [0.2, 0.25) is 0 Å². The van der Waals surface area contributed by atoms with Crippen molar-refractivity contribution in [3.05, 3.63) is 72.1 Å². The lowest BCUT2D eigenvalue weighted by molar-refractivity contribution is 0.0941. The van der Waals surface area contributed by atoms with Crippen molar-refractivity contribution < 1.29 is 4.79 Å². The summed E-state index contributed by atoms with van der Waals surface area (Å²) in [5.74, 6) is 0.380. The summed E-state index contributed by atoms with van der Waals surface area (Å²) < 4.78 is 3.87. The molecule has 1 fully saturated rings. The van der Waals surface area contributed by atoms with Crippen LogP contribution in [0.25, 0.3) is 16.7 Å². The predicted molar refractivity (Wildman–Crippen MR) is 119 cm³/mol. The van der Waals surface area contributed by atoms with E-state index in [0.29, 0.717) is 11.5 Å². The van der Waals surface area contributed by atoms with Crippen molar-refractivity contribution in [2.24, 2.45) is 0 Å². The van der Waals surface area contributed by atoms with Gasteiger partial charge >= 0.3 is 0 Å². The molecule has 0 bridgehead atoms. The average molecular weight is 415 g/mol. The molecule has 0 saturated heterocycles. The largest absolute Gasteiger partial charge is 0.345 e. The highest BCUT2D eigenvalue weighted by Gasteiger charge is 2.28. The Kier molecular flexibility index (Phi) is 5.02. The monoisotopic (exact) mass is 414 g/mol. The highest BCUT2D eigenvalue weighted by atomic mass is 16.1. The first kappa shape index (κ1) is 19.5.